The Morgan fingerprint density at radius 2 is 1.79 bits per heavy atom. The lowest BCUT2D eigenvalue weighted by atomic mass is 9.90. The molecule has 0 saturated carbocycles. The van der Waals surface area contributed by atoms with E-state index in [4.69, 9.17) is 5.73 Å². The van der Waals surface area contributed by atoms with Crippen molar-refractivity contribution in [3.8, 4) is 0 Å². The molecule has 1 aromatic rings. The Balaban J connectivity index is 1.97. The predicted molar refractivity (Wildman–Crippen MR) is 90.6 cm³/mol. The number of nitrogens with zero attached hydrogens (tertiary/aromatic N) is 1. The number of hydrogen-bond acceptors (Lipinski definition) is 4. The third-order valence-electron chi connectivity index (χ3n) is 4.66. The molecular weight excluding hydrogens is 331 g/mol. The minimum absolute atomic E-state index is 0.0409. The second-order valence-corrected chi connectivity index (χ2v) is 8.69. The molecule has 2 N–H and O–H groups in total. The first-order valence-electron chi connectivity index (χ1n) is 8.23. The van der Waals surface area contributed by atoms with E-state index >= 15 is 0 Å². The van der Waals surface area contributed by atoms with Gasteiger partial charge in [-0.15, -0.1) is 0 Å². The van der Waals surface area contributed by atoms with Crippen LogP contribution in [0.5, 0.6) is 0 Å². The molecule has 1 aliphatic rings. The highest BCUT2D eigenvalue weighted by Crippen LogP contribution is 2.22. The van der Waals surface area contributed by atoms with Gasteiger partial charge in [0.1, 0.15) is 5.82 Å². The molecule has 2 atom stereocenters. The van der Waals surface area contributed by atoms with Crippen LogP contribution in [0, 0.1) is 17.7 Å². The van der Waals surface area contributed by atoms with E-state index in [-0.39, 0.29) is 22.6 Å². The van der Waals surface area contributed by atoms with Gasteiger partial charge in [-0.1, -0.05) is 6.92 Å². The average Bonchev–Trinajstić information content (AvgIpc) is 2.54. The first-order valence-corrected chi connectivity index (χ1v) is 9.88. The zero-order chi connectivity index (χ0) is 17.9. The Kier molecular flexibility index (Phi) is 5.98. The molecule has 24 heavy (non-hydrogen) atoms. The zero-order valence-electron chi connectivity index (χ0n) is 14.1. The van der Waals surface area contributed by atoms with E-state index in [2.05, 4.69) is 0 Å². The van der Waals surface area contributed by atoms with Crippen LogP contribution in [0.3, 0.4) is 0 Å². The van der Waals surface area contributed by atoms with Crippen LogP contribution in [0.1, 0.15) is 26.7 Å². The number of benzene rings is 1. The smallest absolute Gasteiger partial charge is 0.226 e. The Morgan fingerprint density at radius 3 is 2.29 bits per heavy atom. The van der Waals surface area contributed by atoms with Gasteiger partial charge in [0.2, 0.25) is 5.91 Å². The van der Waals surface area contributed by atoms with E-state index in [1.807, 2.05) is 6.92 Å². The number of nitrogens with two attached hydrogens (primary N) is 1. The molecule has 0 aliphatic carbocycles. The van der Waals surface area contributed by atoms with Gasteiger partial charge in [-0.3, -0.25) is 4.79 Å². The van der Waals surface area contributed by atoms with Gasteiger partial charge < -0.3 is 10.6 Å². The summed E-state index contributed by atoms with van der Waals surface area (Å²) >= 11 is 0. The number of piperidine rings is 1. The molecule has 2 rings (SSSR count). The Hall–Kier alpha value is -1.47. The summed E-state index contributed by atoms with van der Waals surface area (Å²) < 4.78 is 37.7. The molecule has 2 unspecified atom stereocenters. The molecule has 1 fully saturated rings. The van der Waals surface area contributed by atoms with Crippen LogP contribution < -0.4 is 5.73 Å². The van der Waals surface area contributed by atoms with E-state index in [1.165, 1.54) is 12.1 Å². The van der Waals surface area contributed by atoms with E-state index < -0.39 is 21.6 Å². The van der Waals surface area contributed by atoms with Crippen LogP contribution in [-0.2, 0) is 14.6 Å². The molecule has 5 nitrogen and oxygen atoms in total. The Labute approximate surface area is 142 Å². The number of carbonyl (C=O) groups excluding carboxylic acids is 1. The van der Waals surface area contributed by atoms with Crippen LogP contribution in [-0.4, -0.2) is 44.1 Å². The highest BCUT2D eigenvalue weighted by molar-refractivity contribution is 7.91. The molecule has 1 aromatic carbocycles. The second kappa shape index (κ2) is 7.61. The quantitative estimate of drug-likeness (QED) is 0.816. The van der Waals surface area contributed by atoms with Crippen LogP contribution >= 0.6 is 0 Å². The van der Waals surface area contributed by atoms with Crippen LogP contribution in [0.15, 0.2) is 29.2 Å². The molecule has 0 radical (unpaired) electrons. The number of rotatable bonds is 5. The number of sulfone groups is 1. The third kappa shape index (κ3) is 4.54. The van der Waals surface area contributed by atoms with Gasteiger partial charge >= 0.3 is 0 Å². The maximum absolute atomic E-state index is 12.9. The summed E-state index contributed by atoms with van der Waals surface area (Å²) in [4.78, 5) is 14.3. The minimum Gasteiger partial charge on any atom is -0.342 e. The van der Waals surface area contributed by atoms with Gasteiger partial charge in [0.25, 0.3) is 0 Å². The Bertz CT molecular complexity index is 666. The fraction of sp³-hybridized carbons (Fsp3) is 0.588. The fourth-order valence-electron chi connectivity index (χ4n) is 3.10. The summed E-state index contributed by atoms with van der Waals surface area (Å²) in [5.41, 5.74) is 5.90. The van der Waals surface area contributed by atoms with Gasteiger partial charge in [0, 0.05) is 25.0 Å². The second-order valence-electron chi connectivity index (χ2n) is 6.66. The van der Waals surface area contributed by atoms with Crippen molar-refractivity contribution >= 4 is 15.7 Å². The van der Waals surface area contributed by atoms with Crippen molar-refractivity contribution in [3.63, 3.8) is 0 Å². The summed E-state index contributed by atoms with van der Waals surface area (Å²) in [6.07, 6.45) is 1.70. The molecular formula is C17H25FN2O3S. The lowest BCUT2D eigenvalue weighted by Crippen LogP contribution is -2.45. The number of amides is 1. The van der Waals surface area contributed by atoms with Gasteiger partial charge in [-0.2, -0.15) is 0 Å². The summed E-state index contributed by atoms with van der Waals surface area (Å²) in [6.45, 7) is 4.83. The number of halogens is 1. The van der Waals surface area contributed by atoms with E-state index in [0.29, 0.717) is 19.0 Å². The average molecular weight is 356 g/mol. The highest BCUT2D eigenvalue weighted by Gasteiger charge is 2.30. The van der Waals surface area contributed by atoms with Gasteiger partial charge in [-0.05, 0) is 49.9 Å². The molecule has 134 valence electrons. The van der Waals surface area contributed by atoms with Gasteiger partial charge in [0.05, 0.1) is 10.6 Å². The summed E-state index contributed by atoms with van der Waals surface area (Å²) in [6, 6.07) is 4.79. The lowest BCUT2D eigenvalue weighted by molar-refractivity contribution is -0.135. The van der Waals surface area contributed by atoms with Crippen molar-refractivity contribution in [3.05, 3.63) is 30.1 Å². The van der Waals surface area contributed by atoms with Crippen LogP contribution in [0.4, 0.5) is 4.39 Å². The first-order chi connectivity index (χ1) is 11.2. The standard InChI is InChI=1S/C17H25FN2O3S/c1-12(11-24(22,23)16-5-3-15(18)4-6-16)17(21)20-9-7-14(8-10-20)13(2)19/h3-6,12-14H,7-11,19H2,1-2H3. The van der Waals surface area contributed by atoms with Crippen LogP contribution in [0.2, 0.25) is 0 Å². The lowest BCUT2D eigenvalue weighted by Gasteiger charge is -2.35. The monoisotopic (exact) mass is 356 g/mol. The van der Waals surface area contributed by atoms with Crippen molar-refractivity contribution < 1.29 is 17.6 Å². The largest absolute Gasteiger partial charge is 0.342 e. The third-order valence-corrected chi connectivity index (χ3v) is 6.59. The number of hydrogen-bond donors (Lipinski definition) is 1. The van der Waals surface area contributed by atoms with E-state index in [0.717, 1.165) is 25.0 Å². The normalized spacial score (nSPS) is 19.1. The molecule has 0 aromatic heterocycles. The Morgan fingerprint density at radius 1 is 1.25 bits per heavy atom. The molecule has 1 heterocycles. The summed E-state index contributed by atoms with van der Waals surface area (Å²) in [5, 5.41) is 0. The van der Waals surface area contributed by atoms with Crippen molar-refractivity contribution in [2.45, 2.75) is 37.6 Å². The maximum Gasteiger partial charge on any atom is 0.226 e. The van der Waals surface area contributed by atoms with Crippen molar-refractivity contribution in [1.29, 1.82) is 0 Å². The topological polar surface area (TPSA) is 80.5 Å². The minimum atomic E-state index is -3.62. The maximum atomic E-state index is 12.9. The SMILES string of the molecule is CC(CS(=O)(=O)c1ccc(F)cc1)C(=O)N1CCC(C(C)N)CC1. The van der Waals surface area contributed by atoms with Gasteiger partial charge in [0.15, 0.2) is 9.84 Å². The molecule has 0 bridgehead atoms. The van der Waals surface area contributed by atoms with Crippen molar-refractivity contribution in [1.82, 2.24) is 4.90 Å². The molecule has 7 heteroatoms. The molecule has 0 spiro atoms. The number of carbonyl (C=O) groups is 1. The van der Waals surface area contributed by atoms with Crippen molar-refractivity contribution in [2.75, 3.05) is 18.8 Å². The predicted octanol–water partition coefficient (Wildman–Crippen LogP) is 1.82. The highest BCUT2D eigenvalue weighted by atomic mass is 32.2. The zero-order valence-corrected chi connectivity index (χ0v) is 14.9. The molecule has 1 aliphatic heterocycles. The van der Waals surface area contributed by atoms with E-state index in [1.54, 1.807) is 11.8 Å². The fourth-order valence-corrected chi connectivity index (χ4v) is 4.64. The van der Waals surface area contributed by atoms with E-state index in [9.17, 15) is 17.6 Å². The molecule has 1 amide bonds. The number of likely N-dealkylation sites (tertiary alicyclic amines) is 1. The van der Waals surface area contributed by atoms with Crippen molar-refractivity contribution in [2.24, 2.45) is 17.6 Å². The van der Waals surface area contributed by atoms with Crippen LogP contribution in [0.25, 0.3) is 0 Å². The summed E-state index contributed by atoms with van der Waals surface area (Å²) in [5.74, 6) is -1.14. The van der Waals surface area contributed by atoms with Gasteiger partial charge in [-0.25, -0.2) is 12.8 Å². The summed E-state index contributed by atoms with van der Waals surface area (Å²) in [7, 11) is -3.62. The first kappa shape index (κ1) is 18.9. The molecule has 1 saturated heterocycles.